The van der Waals surface area contributed by atoms with E-state index in [4.69, 9.17) is 10.5 Å². The van der Waals surface area contributed by atoms with Gasteiger partial charge in [-0.1, -0.05) is 0 Å². The van der Waals surface area contributed by atoms with Crippen molar-refractivity contribution in [2.75, 3.05) is 32.6 Å². The molecular weight excluding hydrogens is 270 g/mol. The van der Waals surface area contributed by atoms with Crippen LogP contribution in [0, 0.1) is 0 Å². The summed E-state index contributed by atoms with van der Waals surface area (Å²) in [7, 11) is -3.13. The molecule has 1 amide bonds. The largest absolute Gasteiger partial charge is 0.379 e. The SMILES string of the molecule is CS(=O)(=O)N1CCC(NC(=O)C2(N)CCOC2)CC1. The van der Waals surface area contributed by atoms with Gasteiger partial charge in [0.1, 0.15) is 5.54 Å². The molecule has 0 aromatic heterocycles. The third-order valence-electron chi connectivity index (χ3n) is 3.76. The van der Waals surface area contributed by atoms with E-state index in [-0.39, 0.29) is 18.6 Å². The van der Waals surface area contributed by atoms with Gasteiger partial charge in [-0.25, -0.2) is 12.7 Å². The highest BCUT2D eigenvalue weighted by molar-refractivity contribution is 7.88. The van der Waals surface area contributed by atoms with Crippen LogP contribution >= 0.6 is 0 Å². The summed E-state index contributed by atoms with van der Waals surface area (Å²) in [4.78, 5) is 12.1. The number of carbonyl (C=O) groups is 1. The number of sulfonamides is 1. The fraction of sp³-hybridized carbons (Fsp3) is 0.909. The van der Waals surface area contributed by atoms with Crippen molar-refractivity contribution < 1.29 is 17.9 Å². The Hall–Kier alpha value is -0.700. The molecule has 0 aromatic rings. The number of amides is 1. The zero-order chi connectivity index (χ0) is 14.1. The maximum absolute atomic E-state index is 12.1. The lowest BCUT2D eigenvalue weighted by molar-refractivity contribution is -0.127. The molecule has 0 radical (unpaired) electrons. The number of hydrogen-bond acceptors (Lipinski definition) is 5. The summed E-state index contributed by atoms with van der Waals surface area (Å²) < 4.78 is 29.4. The van der Waals surface area contributed by atoms with E-state index >= 15 is 0 Å². The highest BCUT2D eigenvalue weighted by Gasteiger charge is 2.39. The normalized spacial score (nSPS) is 30.4. The van der Waals surface area contributed by atoms with Crippen molar-refractivity contribution >= 4 is 15.9 Å². The van der Waals surface area contributed by atoms with E-state index in [1.165, 1.54) is 10.6 Å². The van der Waals surface area contributed by atoms with Crippen LogP contribution in [0.5, 0.6) is 0 Å². The summed E-state index contributed by atoms with van der Waals surface area (Å²) in [6.07, 6.45) is 2.98. The fourth-order valence-electron chi connectivity index (χ4n) is 2.42. The monoisotopic (exact) mass is 291 g/mol. The summed E-state index contributed by atoms with van der Waals surface area (Å²) in [5, 5.41) is 2.91. The van der Waals surface area contributed by atoms with E-state index in [0.717, 1.165) is 0 Å². The molecule has 110 valence electrons. The number of nitrogens with one attached hydrogen (secondary N) is 1. The van der Waals surface area contributed by atoms with Gasteiger partial charge in [0.25, 0.3) is 0 Å². The first kappa shape index (κ1) is 14.7. The van der Waals surface area contributed by atoms with Crippen LogP contribution in [-0.2, 0) is 19.6 Å². The second kappa shape index (κ2) is 5.35. The molecule has 3 N–H and O–H groups in total. The average molecular weight is 291 g/mol. The molecule has 2 fully saturated rings. The van der Waals surface area contributed by atoms with Crippen LogP contribution in [0.25, 0.3) is 0 Å². The second-order valence-corrected chi connectivity index (χ2v) is 7.35. The van der Waals surface area contributed by atoms with Gasteiger partial charge in [0.05, 0.1) is 12.9 Å². The van der Waals surface area contributed by atoms with E-state index < -0.39 is 15.6 Å². The summed E-state index contributed by atoms with van der Waals surface area (Å²) in [6.45, 7) is 1.65. The van der Waals surface area contributed by atoms with E-state index in [1.807, 2.05) is 0 Å². The highest BCUT2D eigenvalue weighted by Crippen LogP contribution is 2.18. The Bertz CT molecular complexity index is 437. The summed E-state index contributed by atoms with van der Waals surface area (Å²) in [5.74, 6) is -0.192. The molecule has 0 bridgehead atoms. The molecule has 0 saturated carbocycles. The molecule has 1 unspecified atom stereocenters. The van der Waals surface area contributed by atoms with E-state index in [9.17, 15) is 13.2 Å². The maximum Gasteiger partial charge on any atom is 0.242 e. The van der Waals surface area contributed by atoms with Crippen molar-refractivity contribution in [3.63, 3.8) is 0 Å². The van der Waals surface area contributed by atoms with Crippen molar-refractivity contribution in [3.05, 3.63) is 0 Å². The molecule has 7 nitrogen and oxygen atoms in total. The molecule has 2 aliphatic heterocycles. The maximum atomic E-state index is 12.1. The average Bonchev–Trinajstić information content (AvgIpc) is 2.77. The first-order chi connectivity index (χ1) is 8.81. The number of ether oxygens (including phenoxy) is 1. The minimum absolute atomic E-state index is 0.00785. The molecule has 2 saturated heterocycles. The zero-order valence-electron chi connectivity index (χ0n) is 11.1. The first-order valence-corrected chi connectivity index (χ1v) is 8.29. The van der Waals surface area contributed by atoms with Gasteiger partial charge in [0, 0.05) is 25.7 Å². The minimum Gasteiger partial charge on any atom is -0.379 e. The Morgan fingerprint density at radius 2 is 2.05 bits per heavy atom. The van der Waals surface area contributed by atoms with Crippen molar-refractivity contribution in [2.45, 2.75) is 30.8 Å². The lowest BCUT2D eigenvalue weighted by atomic mass is 9.97. The molecule has 19 heavy (non-hydrogen) atoms. The topological polar surface area (TPSA) is 102 Å². The van der Waals surface area contributed by atoms with Gasteiger partial charge in [-0.3, -0.25) is 4.79 Å². The molecule has 0 spiro atoms. The quantitative estimate of drug-likeness (QED) is 0.669. The first-order valence-electron chi connectivity index (χ1n) is 6.44. The third kappa shape index (κ3) is 3.44. The van der Waals surface area contributed by atoms with Gasteiger partial charge < -0.3 is 15.8 Å². The Morgan fingerprint density at radius 1 is 1.42 bits per heavy atom. The predicted molar refractivity (Wildman–Crippen MR) is 69.9 cm³/mol. The van der Waals surface area contributed by atoms with Gasteiger partial charge in [0.2, 0.25) is 15.9 Å². The Balaban J connectivity index is 1.84. The lowest BCUT2D eigenvalue weighted by Crippen LogP contribution is -2.58. The molecule has 2 heterocycles. The Labute approximate surface area is 113 Å². The summed E-state index contributed by atoms with van der Waals surface area (Å²) in [5.41, 5.74) is 5.05. The van der Waals surface area contributed by atoms with Gasteiger partial charge in [-0.2, -0.15) is 0 Å². The third-order valence-corrected chi connectivity index (χ3v) is 5.07. The molecule has 0 aliphatic carbocycles. The van der Waals surface area contributed by atoms with Crippen molar-refractivity contribution in [1.82, 2.24) is 9.62 Å². The lowest BCUT2D eigenvalue weighted by Gasteiger charge is -2.32. The van der Waals surface area contributed by atoms with Crippen LogP contribution in [0.3, 0.4) is 0 Å². The van der Waals surface area contributed by atoms with Gasteiger partial charge in [0.15, 0.2) is 0 Å². The number of piperidine rings is 1. The van der Waals surface area contributed by atoms with E-state index in [1.54, 1.807) is 0 Å². The smallest absolute Gasteiger partial charge is 0.242 e. The van der Waals surface area contributed by atoms with Crippen LogP contribution in [0.1, 0.15) is 19.3 Å². The molecular formula is C11H21N3O4S. The summed E-state index contributed by atoms with van der Waals surface area (Å²) >= 11 is 0. The van der Waals surface area contributed by atoms with E-state index in [0.29, 0.717) is 39.0 Å². The number of carbonyl (C=O) groups excluding carboxylic acids is 1. The van der Waals surface area contributed by atoms with Gasteiger partial charge in [-0.05, 0) is 19.3 Å². The Morgan fingerprint density at radius 3 is 2.53 bits per heavy atom. The second-order valence-electron chi connectivity index (χ2n) is 5.37. The van der Waals surface area contributed by atoms with Crippen LogP contribution < -0.4 is 11.1 Å². The van der Waals surface area contributed by atoms with Crippen molar-refractivity contribution in [2.24, 2.45) is 5.73 Å². The molecule has 2 rings (SSSR count). The van der Waals surface area contributed by atoms with Crippen LogP contribution in [0.15, 0.2) is 0 Å². The molecule has 8 heteroatoms. The minimum atomic E-state index is -3.13. The number of hydrogen-bond donors (Lipinski definition) is 2. The predicted octanol–water partition coefficient (Wildman–Crippen LogP) is -1.36. The summed E-state index contributed by atoms with van der Waals surface area (Å²) in [6, 6.07) is -0.00785. The highest BCUT2D eigenvalue weighted by atomic mass is 32.2. The number of nitrogens with two attached hydrogens (primary N) is 1. The Kier molecular flexibility index (Phi) is 4.14. The van der Waals surface area contributed by atoms with Crippen LogP contribution in [0.4, 0.5) is 0 Å². The van der Waals surface area contributed by atoms with Gasteiger partial charge >= 0.3 is 0 Å². The number of rotatable bonds is 3. The standard InChI is InChI=1S/C11H21N3O4S/c1-19(16,17)14-5-2-9(3-6-14)13-10(15)11(12)4-7-18-8-11/h9H,2-8,12H2,1H3,(H,13,15). The zero-order valence-corrected chi connectivity index (χ0v) is 11.9. The van der Waals surface area contributed by atoms with Gasteiger partial charge in [-0.15, -0.1) is 0 Å². The molecule has 2 aliphatic rings. The van der Waals surface area contributed by atoms with Crippen molar-refractivity contribution in [1.29, 1.82) is 0 Å². The van der Waals surface area contributed by atoms with E-state index in [2.05, 4.69) is 5.32 Å². The van der Waals surface area contributed by atoms with Crippen LogP contribution in [-0.4, -0.2) is 62.8 Å². The number of nitrogens with zero attached hydrogens (tertiary/aromatic N) is 1. The van der Waals surface area contributed by atoms with Crippen LogP contribution in [0.2, 0.25) is 0 Å². The van der Waals surface area contributed by atoms with Crippen molar-refractivity contribution in [3.8, 4) is 0 Å². The molecule has 0 aromatic carbocycles. The fourth-order valence-corrected chi connectivity index (χ4v) is 3.29. The molecule has 1 atom stereocenters.